The number of hydrogen-bond acceptors (Lipinski definition) is 4. The third-order valence-corrected chi connectivity index (χ3v) is 6.53. The lowest BCUT2D eigenvalue weighted by atomic mass is 9.85. The van der Waals surface area contributed by atoms with Gasteiger partial charge in [0, 0.05) is 31.5 Å². The minimum Gasteiger partial charge on any atom is -0.382 e. The number of aromatic nitrogens is 2. The molecule has 0 saturated carbocycles. The number of aryl methyl sites for hydroxylation is 1. The number of halogens is 2. The Balaban J connectivity index is 1.45. The average molecular weight is 409 g/mol. The summed E-state index contributed by atoms with van der Waals surface area (Å²) in [5.74, 6) is 0.577. The van der Waals surface area contributed by atoms with E-state index >= 15 is 0 Å². The molecule has 144 valence electrons. The highest BCUT2D eigenvalue weighted by Gasteiger charge is 2.50. The molecule has 6 nitrogen and oxygen atoms in total. The molecule has 4 rings (SSSR count). The first-order chi connectivity index (χ1) is 12.9. The smallest absolute Gasteiger partial charge is 0.238 e. The molecule has 2 atom stereocenters. The van der Waals surface area contributed by atoms with Gasteiger partial charge in [0.15, 0.2) is 0 Å². The molecule has 1 aromatic carbocycles. The third-order valence-electron chi connectivity index (χ3n) is 5.71. The van der Waals surface area contributed by atoms with Crippen LogP contribution in [-0.2, 0) is 17.4 Å². The molecule has 2 aliphatic heterocycles. The molecule has 2 saturated heterocycles. The first kappa shape index (κ1) is 18.7. The number of anilines is 1. The number of hydrogen-bond donors (Lipinski definition) is 2. The maximum Gasteiger partial charge on any atom is 0.238 e. The van der Waals surface area contributed by atoms with Crippen LogP contribution in [0.4, 0.5) is 5.69 Å². The van der Waals surface area contributed by atoms with Gasteiger partial charge in [-0.3, -0.25) is 9.69 Å². The fourth-order valence-electron chi connectivity index (χ4n) is 4.53. The van der Waals surface area contributed by atoms with E-state index in [2.05, 4.69) is 15.2 Å². The van der Waals surface area contributed by atoms with Crippen molar-refractivity contribution in [1.29, 1.82) is 0 Å². The molecule has 0 radical (unpaired) electrons. The summed E-state index contributed by atoms with van der Waals surface area (Å²) in [5, 5.41) is 14.8. The first-order valence-electron chi connectivity index (χ1n) is 9.07. The van der Waals surface area contributed by atoms with E-state index in [1.54, 1.807) is 24.4 Å². The van der Waals surface area contributed by atoms with Crippen LogP contribution in [0.3, 0.4) is 0 Å². The van der Waals surface area contributed by atoms with Crippen LogP contribution < -0.4 is 5.32 Å². The SMILES string of the molecule is Cn1ccnc1C1(O)C[C@H]2CC[C@H](C1)N2CC(=O)Nc1cccc(Cl)c1Cl. The number of amides is 1. The molecule has 2 N–H and O–H groups in total. The van der Waals surface area contributed by atoms with Crippen molar-refractivity contribution in [3.63, 3.8) is 0 Å². The van der Waals surface area contributed by atoms with Crippen molar-refractivity contribution in [3.8, 4) is 0 Å². The fraction of sp³-hybridized carbons (Fsp3) is 0.474. The summed E-state index contributed by atoms with van der Waals surface area (Å²) < 4.78 is 1.88. The summed E-state index contributed by atoms with van der Waals surface area (Å²) in [6.45, 7) is 0.273. The summed E-state index contributed by atoms with van der Waals surface area (Å²) in [5.41, 5.74) is -0.420. The molecular weight excluding hydrogens is 387 g/mol. The number of benzene rings is 1. The Bertz CT molecular complexity index is 855. The number of aliphatic hydroxyl groups is 1. The van der Waals surface area contributed by atoms with Gasteiger partial charge >= 0.3 is 0 Å². The summed E-state index contributed by atoms with van der Waals surface area (Å²) in [4.78, 5) is 19.1. The molecule has 8 heteroatoms. The number of fused-ring (bicyclic) bond motifs is 2. The highest BCUT2D eigenvalue weighted by atomic mass is 35.5. The number of nitrogens with zero attached hydrogens (tertiary/aromatic N) is 3. The second-order valence-corrected chi connectivity index (χ2v) is 8.29. The quantitative estimate of drug-likeness (QED) is 0.814. The normalized spacial score (nSPS) is 27.7. The zero-order valence-corrected chi connectivity index (χ0v) is 16.5. The molecule has 0 aliphatic carbocycles. The van der Waals surface area contributed by atoms with E-state index in [0.29, 0.717) is 34.4 Å². The number of imidazole rings is 1. The van der Waals surface area contributed by atoms with Crippen LogP contribution >= 0.6 is 23.2 Å². The minimum absolute atomic E-state index is 0.126. The van der Waals surface area contributed by atoms with Gasteiger partial charge in [-0.1, -0.05) is 29.3 Å². The molecule has 1 aromatic heterocycles. The first-order valence-corrected chi connectivity index (χ1v) is 9.83. The van der Waals surface area contributed by atoms with Crippen molar-refractivity contribution >= 4 is 34.8 Å². The van der Waals surface area contributed by atoms with Crippen molar-refractivity contribution in [3.05, 3.63) is 46.5 Å². The van der Waals surface area contributed by atoms with Crippen LogP contribution in [0.5, 0.6) is 0 Å². The molecule has 0 spiro atoms. The predicted octanol–water partition coefficient (Wildman–Crippen LogP) is 3.18. The summed E-state index contributed by atoms with van der Waals surface area (Å²) in [6, 6.07) is 5.48. The highest BCUT2D eigenvalue weighted by Crippen LogP contribution is 2.45. The van der Waals surface area contributed by atoms with Gasteiger partial charge in [-0.05, 0) is 37.8 Å². The monoisotopic (exact) mass is 408 g/mol. The Morgan fingerprint density at radius 2 is 2.04 bits per heavy atom. The van der Waals surface area contributed by atoms with Gasteiger partial charge in [-0.15, -0.1) is 0 Å². The number of nitrogens with one attached hydrogen (secondary N) is 1. The lowest BCUT2D eigenvalue weighted by molar-refractivity contribution is -0.121. The standard InChI is InChI=1S/C19H22Cl2N4O2/c1-24-8-7-22-18(24)19(27)9-12-5-6-13(10-19)25(12)11-16(26)23-15-4-2-3-14(20)17(15)21/h2-4,7-8,12-13,27H,5-6,9-11H2,1H3,(H,23,26)/t12-,13-/m1/s1. The van der Waals surface area contributed by atoms with Crippen LogP contribution in [0.15, 0.2) is 30.6 Å². The zero-order valence-electron chi connectivity index (χ0n) is 15.0. The maximum atomic E-state index is 12.6. The number of carbonyl (C=O) groups is 1. The molecule has 2 aromatic rings. The third kappa shape index (κ3) is 3.47. The zero-order chi connectivity index (χ0) is 19.2. The Morgan fingerprint density at radius 3 is 2.67 bits per heavy atom. The van der Waals surface area contributed by atoms with Crippen LogP contribution in [-0.4, -0.2) is 44.1 Å². The second kappa shape index (κ2) is 7.09. The van der Waals surface area contributed by atoms with Crippen molar-refractivity contribution in [2.45, 2.75) is 43.4 Å². The van der Waals surface area contributed by atoms with Crippen molar-refractivity contribution in [1.82, 2.24) is 14.5 Å². The van der Waals surface area contributed by atoms with Gasteiger partial charge in [0.1, 0.15) is 11.4 Å². The minimum atomic E-state index is -0.937. The Kier molecular flexibility index (Phi) is 4.93. The second-order valence-electron chi connectivity index (χ2n) is 7.51. The lowest BCUT2D eigenvalue weighted by Crippen LogP contribution is -2.52. The van der Waals surface area contributed by atoms with Crippen molar-refractivity contribution in [2.75, 3.05) is 11.9 Å². The molecule has 1 amide bonds. The van der Waals surface area contributed by atoms with Gasteiger partial charge in [0.05, 0.1) is 22.3 Å². The summed E-state index contributed by atoms with van der Waals surface area (Å²) >= 11 is 12.2. The molecule has 3 heterocycles. The predicted molar refractivity (Wildman–Crippen MR) is 105 cm³/mol. The van der Waals surface area contributed by atoms with Crippen LogP contribution in [0.25, 0.3) is 0 Å². The fourth-order valence-corrected chi connectivity index (χ4v) is 4.87. The molecule has 27 heavy (non-hydrogen) atoms. The van der Waals surface area contributed by atoms with Crippen LogP contribution in [0, 0.1) is 0 Å². The Labute approximate surface area is 168 Å². The maximum absolute atomic E-state index is 12.6. The number of rotatable bonds is 4. The van der Waals surface area contributed by atoms with E-state index in [1.165, 1.54) is 0 Å². The van der Waals surface area contributed by atoms with E-state index in [9.17, 15) is 9.90 Å². The number of carbonyl (C=O) groups excluding carboxylic acids is 1. The van der Waals surface area contributed by atoms with Gasteiger partial charge in [-0.2, -0.15) is 0 Å². The van der Waals surface area contributed by atoms with E-state index in [-0.39, 0.29) is 24.5 Å². The van der Waals surface area contributed by atoms with Gasteiger partial charge in [-0.25, -0.2) is 4.98 Å². The molecule has 2 fully saturated rings. The topological polar surface area (TPSA) is 70.4 Å². The lowest BCUT2D eigenvalue weighted by Gasteiger charge is -2.43. The van der Waals surface area contributed by atoms with Crippen LogP contribution in [0.1, 0.15) is 31.5 Å². The van der Waals surface area contributed by atoms with Gasteiger partial charge < -0.3 is 15.0 Å². The molecule has 2 aliphatic rings. The molecule has 0 unspecified atom stereocenters. The van der Waals surface area contributed by atoms with Crippen molar-refractivity contribution in [2.24, 2.45) is 7.05 Å². The van der Waals surface area contributed by atoms with Crippen molar-refractivity contribution < 1.29 is 9.90 Å². The number of piperidine rings is 1. The average Bonchev–Trinajstić information content (AvgIpc) is 3.15. The van der Waals surface area contributed by atoms with E-state index in [0.717, 1.165) is 12.8 Å². The Morgan fingerprint density at radius 1 is 1.33 bits per heavy atom. The van der Waals surface area contributed by atoms with Gasteiger partial charge in [0.25, 0.3) is 0 Å². The molecule has 2 bridgehead atoms. The molecular formula is C19H22Cl2N4O2. The largest absolute Gasteiger partial charge is 0.382 e. The van der Waals surface area contributed by atoms with E-state index < -0.39 is 5.60 Å². The summed E-state index contributed by atoms with van der Waals surface area (Å²) in [6.07, 6.45) is 6.68. The summed E-state index contributed by atoms with van der Waals surface area (Å²) in [7, 11) is 1.90. The van der Waals surface area contributed by atoms with Gasteiger partial charge in [0.2, 0.25) is 5.91 Å². The van der Waals surface area contributed by atoms with E-state index in [1.807, 2.05) is 17.8 Å². The van der Waals surface area contributed by atoms with Crippen LogP contribution in [0.2, 0.25) is 10.0 Å². The Hall–Kier alpha value is -1.60. The highest BCUT2D eigenvalue weighted by molar-refractivity contribution is 6.44. The van der Waals surface area contributed by atoms with E-state index in [4.69, 9.17) is 23.2 Å².